The van der Waals surface area contributed by atoms with Crippen molar-refractivity contribution in [3.63, 3.8) is 0 Å². The van der Waals surface area contributed by atoms with Gasteiger partial charge in [-0.05, 0) is 18.7 Å². The van der Waals surface area contributed by atoms with Crippen molar-refractivity contribution in [1.29, 1.82) is 0 Å². The second kappa shape index (κ2) is 5.14. The fourth-order valence-corrected chi connectivity index (χ4v) is 2.04. The van der Waals surface area contributed by atoms with Crippen LogP contribution in [-0.2, 0) is 0 Å². The highest BCUT2D eigenvalue weighted by Gasteiger charge is 2.16. The van der Waals surface area contributed by atoms with Crippen LogP contribution in [0, 0.1) is 16.2 Å². The molecule has 0 aliphatic carbocycles. The Balaban J connectivity index is 2.01. The normalized spacial score (nSPS) is 17.1. The molecule has 0 spiro atoms. The molecule has 0 unspecified atom stereocenters. The van der Waals surface area contributed by atoms with Crippen molar-refractivity contribution < 1.29 is 4.92 Å². The van der Waals surface area contributed by atoms with Gasteiger partial charge in [0.05, 0.1) is 11.0 Å². The Kier molecular flexibility index (Phi) is 3.58. The molecule has 0 aromatic heterocycles. The summed E-state index contributed by atoms with van der Waals surface area (Å²) in [5.41, 5.74) is 1.05. The number of nitro benzene ring substituents is 1. The smallest absolute Gasteiger partial charge is 0.277 e. The van der Waals surface area contributed by atoms with Gasteiger partial charge in [-0.2, -0.15) is 0 Å². The van der Waals surface area contributed by atoms with E-state index in [2.05, 4.69) is 22.8 Å². The average Bonchev–Trinajstić information content (AvgIpc) is 2.39. The number of non-ortho nitro benzene ring substituents is 1. The summed E-state index contributed by atoms with van der Waals surface area (Å²) in [5, 5.41) is 10.5. The number of piperazine rings is 1. The Hall–Kier alpha value is -1.62. The molecule has 5 heteroatoms. The van der Waals surface area contributed by atoms with E-state index in [0.717, 1.165) is 38.4 Å². The first kappa shape index (κ1) is 11.9. The van der Waals surface area contributed by atoms with Crippen LogP contribution in [0.5, 0.6) is 0 Å². The van der Waals surface area contributed by atoms with E-state index in [1.807, 2.05) is 0 Å². The number of nitrogens with zero attached hydrogens (tertiary/aromatic N) is 3. The molecular formula is C12H16N3O2. The highest BCUT2D eigenvalue weighted by atomic mass is 16.6. The zero-order valence-electron chi connectivity index (χ0n) is 9.93. The summed E-state index contributed by atoms with van der Waals surface area (Å²) < 4.78 is 0. The Labute approximate surface area is 101 Å². The Morgan fingerprint density at radius 1 is 1.35 bits per heavy atom. The third-order valence-corrected chi connectivity index (χ3v) is 3.16. The van der Waals surface area contributed by atoms with Crippen molar-refractivity contribution >= 4 is 11.4 Å². The van der Waals surface area contributed by atoms with Crippen molar-refractivity contribution in [3.05, 3.63) is 34.4 Å². The molecule has 1 aromatic rings. The number of rotatable bonds is 3. The first-order valence-electron chi connectivity index (χ1n) is 5.84. The van der Waals surface area contributed by atoms with Gasteiger partial charge in [0.2, 0.25) is 0 Å². The SMILES string of the molecule is CCN1CCN(c2c[c]c([N+](=O)[O-])cc2)CC1. The van der Waals surface area contributed by atoms with Crippen LogP contribution in [0.1, 0.15) is 6.92 Å². The molecule has 1 aromatic carbocycles. The molecule has 0 amide bonds. The van der Waals surface area contributed by atoms with Gasteiger partial charge < -0.3 is 9.80 Å². The summed E-state index contributed by atoms with van der Waals surface area (Å²) >= 11 is 0. The lowest BCUT2D eigenvalue weighted by molar-refractivity contribution is -0.385. The largest absolute Gasteiger partial charge is 0.369 e. The lowest BCUT2D eigenvalue weighted by atomic mass is 10.2. The molecule has 5 nitrogen and oxygen atoms in total. The zero-order valence-corrected chi connectivity index (χ0v) is 9.93. The lowest BCUT2D eigenvalue weighted by Crippen LogP contribution is -2.46. The molecule has 1 saturated heterocycles. The first-order chi connectivity index (χ1) is 8.20. The Bertz CT molecular complexity index is 383. The van der Waals surface area contributed by atoms with E-state index in [0.29, 0.717) is 0 Å². The summed E-state index contributed by atoms with van der Waals surface area (Å²) in [6, 6.07) is 7.73. The van der Waals surface area contributed by atoms with E-state index < -0.39 is 4.92 Å². The maximum Gasteiger partial charge on any atom is 0.277 e. The maximum absolute atomic E-state index is 10.5. The second-order valence-corrected chi connectivity index (χ2v) is 4.11. The molecule has 1 heterocycles. The van der Waals surface area contributed by atoms with E-state index in [-0.39, 0.29) is 5.69 Å². The van der Waals surface area contributed by atoms with Crippen LogP contribution < -0.4 is 4.90 Å². The minimum atomic E-state index is -0.418. The van der Waals surface area contributed by atoms with Crippen molar-refractivity contribution in [2.24, 2.45) is 0 Å². The quantitative estimate of drug-likeness (QED) is 0.588. The van der Waals surface area contributed by atoms with Crippen LogP contribution in [0.3, 0.4) is 0 Å². The summed E-state index contributed by atoms with van der Waals surface area (Å²) in [6.07, 6.45) is 0. The summed E-state index contributed by atoms with van der Waals surface area (Å²) in [7, 11) is 0. The van der Waals surface area contributed by atoms with Gasteiger partial charge in [-0.1, -0.05) is 6.92 Å². The third kappa shape index (κ3) is 2.74. The Morgan fingerprint density at radius 3 is 2.53 bits per heavy atom. The van der Waals surface area contributed by atoms with Gasteiger partial charge in [0.15, 0.2) is 0 Å². The van der Waals surface area contributed by atoms with Gasteiger partial charge in [0.1, 0.15) is 0 Å². The van der Waals surface area contributed by atoms with Gasteiger partial charge in [-0.25, -0.2) is 0 Å². The standard InChI is InChI=1S/C12H16N3O2/c1-2-13-7-9-14(10-8-13)11-3-5-12(6-4-11)15(16)17/h3-5H,2,7-10H2,1H3. The molecule has 17 heavy (non-hydrogen) atoms. The fraction of sp³-hybridized carbons (Fsp3) is 0.500. The van der Waals surface area contributed by atoms with Crippen molar-refractivity contribution in [2.45, 2.75) is 6.92 Å². The molecule has 2 rings (SSSR count). The Morgan fingerprint density at radius 2 is 2.06 bits per heavy atom. The van der Waals surface area contributed by atoms with Crippen LogP contribution in [0.2, 0.25) is 0 Å². The first-order valence-corrected chi connectivity index (χ1v) is 5.84. The minimum Gasteiger partial charge on any atom is -0.369 e. The van der Waals surface area contributed by atoms with E-state index in [1.54, 1.807) is 12.1 Å². The number of nitro groups is 1. The van der Waals surface area contributed by atoms with Crippen LogP contribution in [-0.4, -0.2) is 42.5 Å². The topological polar surface area (TPSA) is 49.6 Å². The van der Waals surface area contributed by atoms with Gasteiger partial charge in [0, 0.05) is 37.9 Å². The highest BCUT2D eigenvalue weighted by Crippen LogP contribution is 2.19. The predicted octanol–water partition coefficient (Wildman–Crippen LogP) is 1.54. The molecule has 1 aliphatic rings. The highest BCUT2D eigenvalue weighted by molar-refractivity contribution is 5.50. The zero-order chi connectivity index (χ0) is 12.3. The molecule has 91 valence electrons. The van der Waals surface area contributed by atoms with E-state index in [1.165, 1.54) is 6.07 Å². The molecule has 1 aliphatic heterocycles. The van der Waals surface area contributed by atoms with Crippen molar-refractivity contribution in [2.75, 3.05) is 37.6 Å². The molecular weight excluding hydrogens is 218 g/mol. The van der Waals surface area contributed by atoms with Crippen molar-refractivity contribution in [1.82, 2.24) is 4.90 Å². The number of hydrogen-bond acceptors (Lipinski definition) is 4. The van der Waals surface area contributed by atoms with Crippen LogP contribution in [0.4, 0.5) is 11.4 Å². The molecule has 1 fully saturated rings. The van der Waals surface area contributed by atoms with E-state index >= 15 is 0 Å². The molecule has 1 radical (unpaired) electrons. The summed E-state index contributed by atoms with van der Waals surface area (Å²) in [6.45, 7) is 7.29. The molecule has 0 N–H and O–H groups in total. The monoisotopic (exact) mass is 234 g/mol. The molecule has 0 saturated carbocycles. The summed E-state index contributed by atoms with van der Waals surface area (Å²) in [4.78, 5) is 14.7. The van der Waals surface area contributed by atoms with Crippen molar-refractivity contribution in [3.8, 4) is 0 Å². The van der Waals surface area contributed by atoms with Gasteiger partial charge in [0.25, 0.3) is 5.69 Å². The van der Waals surface area contributed by atoms with Crippen LogP contribution >= 0.6 is 0 Å². The second-order valence-electron chi connectivity index (χ2n) is 4.11. The van der Waals surface area contributed by atoms with Gasteiger partial charge in [-0.15, -0.1) is 0 Å². The lowest BCUT2D eigenvalue weighted by Gasteiger charge is -2.35. The fourth-order valence-electron chi connectivity index (χ4n) is 2.04. The van der Waals surface area contributed by atoms with Crippen LogP contribution in [0.15, 0.2) is 18.2 Å². The molecule has 0 bridgehead atoms. The third-order valence-electron chi connectivity index (χ3n) is 3.16. The van der Waals surface area contributed by atoms with E-state index in [9.17, 15) is 10.1 Å². The average molecular weight is 234 g/mol. The predicted molar refractivity (Wildman–Crippen MR) is 66.3 cm³/mol. The maximum atomic E-state index is 10.5. The summed E-state index contributed by atoms with van der Waals surface area (Å²) in [5.74, 6) is 0. The number of anilines is 1. The number of benzene rings is 1. The molecule has 0 atom stereocenters. The number of likely N-dealkylation sites (N-methyl/N-ethyl adjacent to an activating group) is 1. The van der Waals surface area contributed by atoms with Gasteiger partial charge >= 0.3 is 0 Å². The van der Waals surface area contributed by atoms with Gasteiger partial charge in [-0.3, -0.25) is 10.1 Å². The van der Waals surface area contributed by atoms with Crippen LogP contribution in [0.25, 0.3) is 0 Å². The number of hydrogen-bond donors (Lipinski definition) is 0. The minimum absolute atomic E-state index is 0.0287. The van der Waals surface area contributed by atoms with E-state index in [4.69, 9.17) is 0 Å².